The van der Waals surface area contributed by atoms with Gasteiger partial charge >= 0.3 is 5.69 Å². The van der Waals surface area contributed by atoms with E-state index >= 15 is 0 Å². The molecule has 3 atom stereocenters. The maximum Gasteiger partial charge on any atom is 0.332 e. The Balaban J connectivity index is 1.42. The summed E-state index contributed by atoms with van der Waals surface area (Å²) in [5.41, 5.74) is -1.12. The van der Waals surface area contributed by atoms with Crippen LogP contribution in [-0.2, 0) is 23.2 Å². The van der Waals surface area contributed by atoms with Gasteiger partial charge < -0.3 is 9.47 Å². The fourth-order valence-electron chi connectivity index (χ4n) is 5.44. The largest absolute Gasteiger partial charge is 0.356 e. The van der Waals surface area contributed by atoms with E-state index in [0.29, 0.717) is 11.6 Å². The zero-order valence-corrected chi connectivity index (χ0v) is 22.6. The molecule has 40 heavy (non-hydrogen) atoms. The van der Waals surface area contributed by atoms with Gasteiger partial charge in [-0.25, -0.2) is 24.6 Å². The van der Waals surface area contributed by atoms with E-state index in [1.165, 1.54) is 33.8 Å². The number of fused-ring (bicyclic) bond motifs is 2. The molecule has 0 N–H and O–H groups in total. The Kier molecular flexibility index (Phi) is 6.32. The van der Waals surface area contributed by atoms with Crippen LogP contribution in [0, 0.1) is 11.8 Å². The third-order valence-electron chi connectivity index (χ3n) is 7.91. The molecule has 12 nitrogen and oxygen atoms in total. The molecule has 0 spiro atoms. The number of carbonyl (C=O) groups is 2. The van der Waals surface area contributed by atoms with Crippen LogP contribution in [0.5, 0.6) is 0 Å². The van der Waals surface area contributed by atoms with E-state index in [2.05, 4.69) is 14.9 Å². The number of anilines is 3. The van der Waals surface area contributed by atoms with Crippen molar-refractivity contribution in [3.63, 3.8) is 0 Å². The predicted octanol–water partition coefficient (Wildman–Crippen LogP) is 2.05. The molecule has 4 aromatic heterocycles. The molecule has 2 fully saturated rings. The van der Waals surface area contributed by atoms with Gasteiger partial charge in [0.15, 0.2) is 16.9 Å². The molecule has 0 bridgehead atoms. The van der Waals surface area contributed by atoms with Gasteiger partial charge in [-0.3, -0.25) is 23.5 Å². The number of hydrogen-bond acceptors (Lipinski definition) is 8. The summed E-state index contributed by atoms with van der Waals surface area (Å²) in [5, 5.41) is 0. The maximum atomic E-state index is 14.2. The summed E-state index contributed by atoms with van der Waals surface area (Å²) in [5.74, 6) is 2.40. The van der Waals surface area contributed by atoms with E-state index in [-0.39, 0.29) is 29.9 Å². The van der Waals surface area contributed by atoms with Crippen molar-refractivity contribution in [2.24, 2.45) is 18.9 Å². The zero-order valence-electron chi connectivity index (χ0n) is 22.6. The Morgan fingerprint density at radius 2 is 1.80 bits per heavy atom. The molecule has 0 radical (unpaired) electrons. The summed E-state index contributed by atoms with van der Waals surface area (Å²) in [7, 11) is 1.48. The van der Waals surface area contributed by atoms with Crippen LogP contribution in [0.3, 0.4) is 0 Å². The molecule has 1 saturated heterocycles. The average molecular weight is 543 g/mol. The summed E-state index contributed by atoms with van der Waals surface area (Å²) in [4.78, 5) is 69.9. The standard InChI is InChI=1S/C28H30N8O4/c1-4-20(37)15-34-27(39)24-25(32(3)28(34)40)30-16-35(24)17(2)26(38)36(21-8-5-6-11-29-21)23-10-7-9-22(31-23)33-13-18-12-19(18)14-33/h5-11,16-19H,4,12-15H2,1-3H3/t17-,18+,19+/m0/s1. The maximum absolute atomic E-state index is 14.2. The molecule has 1 saturated carbocycles. The number of imidazole rings is 1. The van der Waals surface area contributed by atoms with Gasteiger partial charge in [-0.1, -0.05) is 19.1 Å². The van der Waals surface area contributed by atoms with Crippen molar-refractivity contribution in [3.05, 3.63) is 69.8 Å². The Morgan fingerprint density at radius 3 is 2.50 bits per heavy atom. The Labute approximate surface area is 229 Å². The van der Waals surface area contributed by atoms with E-state index in [4.69, 9.17) is 4.98 Å². The highest BCUT2D eigenvalue weighted by Gasteiger charge is 2.45. The highest BCUT2D eigenvalue weighted by atomic mass is 16.2. The zero-order chi connectivity index (χ0) is 28.1. The molecule has 1 amide bonds. The summed E-state index contributed by atoms with van der Waals surface area (Å²) >= 11 is 0. The first kappa shape index (κ1) is 25.7. The van der Waals surface area contributed by atoms with Gasteiger partial charge in [-0.05, 0) is 49.4 Å². The Hall–Kier alpha value is -4.61. The van der Waals surface area contributed by atoms with E-state index in [1.807, 2.05) is 12.1 Å². The summed E-state index contributed by atoms with van der Waals surface area (Å²) in [6.07, 6.45) is 4.43. The lowest BCUT2D eigenvalue weighted by atomic mass is 10.2. The normalized spacial score (nSPS) is 18.5. The molecule has 0 aromatic carbocycles. The minimum Gasteiger partial charge on any atom is -0.356 e. The van der Waals surface area contributed by atoms with Crippen LogP contribution in [-0.4, -0.2) is 53.4 Å². The molecule has 6 rings (SSSR count). The van der Waals surface area contributed by atoms with Gasteiger partial charge in [0, 0.05) is 32.8 Å². The molecule has 206 valence electrons. The Morgan fingerprint density at radius 1 is 1.05 bits per heavy atom. The minimum atomic E-state index is -0.919. The molecule has 2 aliphatic rings. The first-order valence-electron chi connectivity index (χ1n) is 13.4. The summed E-state index contributed by atoms with van der Waals surface area (Å²) in [6.45, 7) is 4.90. The molecule has 4 aromatic rings. The topological polar surface area (TPSA) is 128 Å². The summed E-state index contributed by atoms with van der Waals surface area (Å²) < 4.78 is 3.56. The third-order valence-corrected chi connectivity index (χ3v) is 7.91. The molecule has 1 aliphatic carbocycles. The molecule has 0 unspecified atom stereocenters. The van der Waals surface area contributed by atoms with Crippen molar-refractivity contribution < 1.29 is 9.59 Å². The number of Topliss-reactive ketones (excluding diaryl/α,β-unsaturated/α-hetero) is 1. The molecular formula is C28H30N8O4. The van der Waals surface area contributed by atoms with Gasteiger partial charge in [0.25, 0.3) is 11.5 Å². The number of pyridine rings is 2. The second kappa shape index (κ2) is 9.85. The number of rotatable bonds is 8. The van der Waals surface area contributed by atoms with Crippen LogP contribution >= 0.6 is 0 Å². The number of nitrogens with zero attached hydrogens (tertiary/aromatic N) is 8. The number of ketones is 1. The van der Waals surface area contributed by atoms with Crippen LogP contribution in [0.25, 0.3) is 11.2 Å². The average Bonchev–Trinajstić information content (AvgIpc) is 3.35. The highest BCUT2D eigenvalue weighted by molar-refractivity contribution is 6.01. The second-order valence-electron chi connectivity index (χ2n) is 10.5. The van der Waals surface area contributed by atoms with Crippen LogP contribution in [0.2, 0.25) is 0 Å². The van der Waals surface area contributed by atoms with Crippen molar-refractivity contribution in [2.45, 2.75) is 39.3 Å². The first-order chi connectivity index (χ1) is 19.3. The van der Waals surface area contributed by atoms with Gasteiger partial charge in [-0.15, -0.1) is 0 Å². The monoisotopic (exact) mass is 542 g/mol. The van der Waals surface area contributed by atoms with Crippen molar-refractivity contribution in [2.75, 3.05) is 22.9 Å². The molecular weight excluding hydrogens is 512 g/mol. The van der Waals surface area contributed by atoms with Crippen LogP contribution < -0.4 is 21.0 Å². The van der Waals surface area contributed by atoms with E-state index in [9.17, 15) is 19.2 Å². The minimum absolute atomic E-state index is 0.0609. The van der Waals surface area contributed by atoms with E-state index in [0.717, 1.165) is 35.3 Å². The Bertz CT molecular complexity index is 1730. The van der Waals surface area contributed by atoms with Gasteiger partial charge in [0.2, 0.25) is 0 Å². The molecule has 12 heteroatoms. The smallest absolute Gasteiger partial charge is 0.332 e. The number of aromatic nitrogens is 6. The highest BCUT2D eigenvalue weighted by Crippen LogP contribution is 2.46. The quantitative estimate of drug-likeness (QED) is 0.331. The predicted molar refractivity (Wildman–Crippen MR) is 149 cm³/mol. The van der Waals surface area contributed by atoms with Crippen molar-refractivity contribution in [1.29, 1.82) is 0 Å². The van der Waals surface area contributed by atoms with Crippen molar-refractivity contribution >= 4 is 40.3 Å². The number of amides is 1. The van der Waals surface area contributed by atoms with Crippen LogP contribution in [0.4, 0.5) is 17.5 Å². The number of aryl methyl sites for hydroxylation is 1. The molecule has 5 heterocycles. The van der Waals surface area contributed by atoms with Gasteiger partial charge in [0.05, 0.1) is 12.9 Å². The lowest BCUT2D eigenvalue weighted by Crippen LogP contribution is -2.42. The summed E-state index contributed by atoms with van der Waals surface area (Å²) in [6, 6.07) is 9.94. The van der Waals surface area contributed by atoms with Crippen molar-refractivity contribution in [1.82, 2.24) is 28.7 Å². The van der Waals surface area contributed by atoms with Crippen LogP contribution in [0.15, 0.2) is 58.5 Å². The van der Waals surface area contributed by atoms with Gasteiger partial charge in [0.1, 0.15) is 23.5 Å². The lowest BCUT2D eigenvalue weighted by molar-refractivity contribution is -0.121. The fraction of sp³-hybridized carbons (Fsp3) is 0.393. The first-order valence-corrected chi connectivity index (χ1v) is 13.4. The van der Waals surface area contributed by atoms with E-state index < -0.39 is 23.2 Å². The second-order valence-corrected chi connectivity index (χ2v) is 10.5. The van der Waals surface area contributed by atoms with Gasteiger partial charge in [-0.2, -0.15) is 0 Å². The number of hydrogen-bond donors (Lipinski definition) is 0. The fourth-order valence-corrected chi connectivity index (χ4v) is 5.44. The molecule has 1 aliphatic heterocycles. The third kappa shape index (κ3) is 4.29. The number of piperidine rings is 1. The van der Waals surface area contributed by atoms with Crippen LogP contribution in [0.1, 0.15) is 32.7 Å². The van der Waals surface area contributed by atoms with E-state index in [1.54, 1.807) is 44.3 Å². The van der Waals surface area contributed by atoms with Crippen molar-refractivity contribution in [3.8, 4) is 0 Å². The SMILES string of the molecule is CCC(=O)Cn1c(=O)c2c(ncn2[C@@H](C)C(=O)N(c2ccccn2)c2cccc(N3C[C@H]4C[C@@H]4C3)n2)n(C)c1=O. The lowest BCUT2D eigenvalue weighted by Gasteiger charge is -2.26. The number of carbonyl (C=O) groups excluding carboxylic acids is 2.